The minimum atomic E-state index is -0.523. The molecule has 0 heterocycles. The predicted octanol–water partition coefficient (Wildman–Crippen LogP) is 8.81. The Bertz CT molecular complexity index is 1590. The summed E-state index contributed by atoms with van der Waals surface area (Å²) in [6.45, 7) is 3.03. The summed E-state index contributed by atoms with van der Waals surface area (Å²) in [4.78, 5) is 12.9. The molecule has 4 aromatic carbocycles. The summed E-state index contributed by atoms with van der Waals surface area (Å²) in [6, 6.07) is 27.9. The molecule has 9 heteroatoms. The van der Waals surface area contributed by atoms with Gasteiger partial charge in [-0.2, -0.15) is 5.26 Å². The maximum absolute atomic E-state index is 12.9. The third kappa shape index (κ3) is 8.98. The van der Waals surface area contributed by atoms with Crippen molar-refractivity contribution in [1.82, 2.24) is 0 Å². The Kier molecular flexibility index (Phi) is 11.1. The maximum atomic E-state index is 12.9. The number of amides is 1. The van der Waals surface area contributed by atoms with Gasteiger partial charge in [-0.1, -0.05) is 51.8 Å². The first-order valence-corrected chi connectivity index (χ1v) is 14.8. The summed E-state index contributed by atoms with van der Waals surface area (Å²) in [7, 11) is 0. The van der Waals surface area contributed by atoms with Gasteiger partial charge in [0.25, 0.3) is 5.91 Å². The number of ether oxygens (including phenoxy) is 3. The lowest BCUT2D eigenvalue weighted by Gasteiger charge is -2.15. The number of nitrogens with one attached hydrogen (secondary N) is 1. The van der Waals surface area contributed by atoms with Crippen LogP contribution < -0.4 is 19.5 Å². The van der Waals surface area contributed by atoms with Crippen molar-refractivity contribution in [3.05, 3.63) is 120 Å². The lowest BCUT2D eigenvalue weighted by atomic mass is 10.1. The van der Waals surface area contributed by atoms with Crippen LogP contribution in [0.15, 0.2) is 95.0 Å². The Balaban J connectivity index is 1.43. The van der Waals surface area contributed by atoms with Crippen molar-refractivity contribution in [2.45, 2.75) is 20.1 Å². The van der Waals surface area contributed by atoms with Gasteiger partial charge in [0.1, 0.15) is 30.6 Å². The number of rotatable bonds is 11. The first-order valence-electron chi connectivity index (χ1n) is 12.6. The topological polar surface area (TPSA) is 80.6 Å². The van der Waals surface area contributed by atoms with Crippen LogP contribution >= 0.6 is 50.1 Å². The van der Waals surface area contributed by atoms with Gasteiger partial charge < -0.3 is 19.5 Å². The van der Waals surface area contributed by atoms with Crippen LogP contribution in [0.1, 0.15) is 23.6 Å². The molecule has 0 aliphatic carbocycles. The van der Waals surface area contributed by atoms with Gasteiger partial charge in [0.2, 0.25) is 0 Å². The molecule has 0 aliphatic rings. The van der Waals surface area contributed by atoms with E-state index < -0.39 is 5.91 Å². The molecule has 41 heavy (non-hydrogen) atoms. The lowest BCUT2D eigenvalue weighted by molar-refractivity contribution is -0.112. The van der Waals surface area contributed by atoms with Crippen molar-refractivity contribution >= 4 is 67.8 Å². The van der Waals surface area contributed by atoms with Gasteiger partial charge in [0, 0.05) is 15.2 Å². The standard InChI is InChI=1S/C32H25BrClIN2O4/c1-2-39-30-17-23(16-29(35)31(30)41-20-22-4-3-5-26(34)15-22)14-24(18-36)32(38)37-27-10-12-28(13-11-27)40-19-21-6-8-25(33)9-7-21/h3-17H,2,19-20H2,1H3,(H,37,38)/b24-14+. The molecule has 0 spiro atoms. The van der Waals surface area contributed by atoms with Crippen molar-refractivity contribution in [1.29, 1.82) is 5.26 Å². The average Bonchev–Trinajstić information content (AvgIpc) is 2.96. The number of carbonyl (C=O) groups is 1. The fraction of sp³-hybridized carbons (Fsp3) is 0.125. The molecule has 6 nitrogen and oxygen atoms in total. The molecule has 1 N–H and O–H groups in total. The van der Waals surface area contributed by atoms with E-state index in [0.717, 1.165) is 19.2 Å². The van der Waals surface area contributed by atoms with Crippen molar-refractivity contribution in [2.24, 2.45) is 0 Å². The number of benzene rings is 4. The molecule has 4 rings (SSSR count). The van der Waals surface area contributed by atoms with Crippen LogP contribution in [0, 0.1) is 14.9 Å². The lowest BCUT2D eigenvalue weighted by Crippen LogP contribution is -2.13. The molecule has 208 valence electrons. The van der Waals surface area contributed by atoms with Crippen molar-refractivity contribution in [3.63, 3.8) is 0 Å². The fourth-order valence-corrected chi connectivity index (χ4v) is 5.01. The zero-order valence-electron chi connectivity index (χ0n) is 22.0. The van der Waals surface area contributed by atoms with Gasteiger partial charge in [0.15, 0.2) is 11.5 Å². The SMILES string of the molecule is CCOc1cc(/C=C(\C#N)C(=O)Nc2ccc(OCc3ccc(Br)cc3)cc2)cc(I)c1OCc1cccc(Cl)c1. The number of hydrogen-bond donors (Lipinski definition) is 1. The van der Waals surface area contributed by atoms with E-state index in [1.807, 2.05) is 61.5 Å². The summed E-state index contributed by atoms with van der Waals surface area (Å²) < 4.78 is 19.5. The summed E-state index contributed by atoms with van der Waals surface area (Å²) in [5.74, 6) is 1.24. The number of hydrogen-bond acceptors (Lipinski definition) is 5. The third-order valence-corrected chi connectivity index (χ3v) is 7.28. The molecule has 0 saturated carbocycles. The highest BCUT2D eigenvalue weighted by atomic mass is 127. The quantitative estimate of drug-likeness (QED) is 0.0944. The number of anilines is 1. The van der Waals surface area contributed by atoms with Gasteiger partial charge in [0.05, 0.1) is 10.2 Å². The highest BCUT2D eigenvalue weighted by Gasteiger charge is 2.15. The molecule has 0 bridgehead atoms. The monoisotopic (exact) mass is 742 g/mol. The Morgan fingerprint density at radius 3 is 2.39 bits per heavy atom. The first-order chi connectivity index (χ1) is 19.8. The Hall–Kier alpha value is -3.52. The van der Waals surface area contributed by atoms with Gasteiger partial charge in [-0.25, -0.2) is 0 Å². The van der Waals surface area contributed by atoms with E-state index in [2.05, 4.69) is 43.8 Å². The second kappa shape index (κ2) is 14.9. The highest BCUT2D eigenvalue weighted by Crippen LogP contribution is 2.36. The molecule has 1 amide bonds. The average molecular weight is 744 g/mol. The van der Waals surface area contributed by atoms with E-state index in [1.165, 1.54) is 6.08 Å². The fourth-order valence-electron chi connectivity index (χ4n) is 3.75. The molecule has 0 radical (unpaired) electrons. The van der Waals surface area contributed by atoms with Crippen molar-refractivity contribution < 1.29 is 19.0 Å². The molecule has 0 aliphatic heterocycles. The van der Waals surface area contributed by atoms with Gasteiger partial charge in [-0.05, 0) is 113 Å². The number of nitriles is 1. The van der Waals surface area contributed by atoms with Crippen molar-refractivity contribution in [2.75, 3.05) is 11.9 Å². The van der Waals surface area contributed by atoms with E-state index >= 15 is 0 Å². The van der Waals surface area contributed by atoms with Gasteiger partial charge >= 0.3 is 0 Å². The second-order valence-corrected chi connectivity index (χ2v) is 11.3. The van der Waals surface area contributed by atoms with Crippen molar-refractivity contribution in [3.8, 4) is 23.3 Å². The van der Waals surface area contributed by atoms with E-state index in [1.54, 1.807) is 36.4 Å². The normalized spacial score (nSPS) is 11.0. The summed E-state index contributed by atoms with van der Waals surface area (Å²) in [6.07, 6.45) is 1.52. The largest absolute Gasteiger partial charge is 0.490 e. The van der Waals surface area contributed by atoms with Crippen LogP contribution in [-0.2, 0) is 18.0 Å². The third-order valence-electron chi connectivity index (χ3n) is 5.71. The highest BCUT2D eigenvalue weighted by molar-refractivity contribution is 14.1. The van der Waals surface area contributed by atoms with E-state index in [9.17, 15) is 10.1 Å². The van der Waals surface area contributed by atoms with Crippen LogP contribution in [0.5, 0.6) is 17.2 Å². The minimum Gasteiger partial charge on any atom is -0.490 e. The molecule has 4 aromatic rings. The van der Waals surface area contributed by atoms with Crippen LogP contribution in [-0.4, -0.2) is 12.5 Å². The van der Waals surface area contributed by atoms with E-state index in [4.69, 9.17) is 25.8 Å². The molecule has 0 saturated heterocycles. The van der Waals surface area contributed by atoms with Gasteiger partial charge in [-0.15, -0.1) is 0 Å². The zero-order valence-corrected chi connectivity index (χ0v) is 26.5. The Morgan fingerprint density at radius 1 is 0.976 bits per heavy atom. The molecule has 0 atom stereocenters. The number of halogens is 3. The van der Waals surface area contributed by atoms with Crippen LogP contribution in [0.3, 0.4) is 0 Å². The minimum absolute atomic E-state index is 0.0496. The first kappa shape index (κ1) is 30.4. The van der Waals surface area contributed by atoms with E-state index in [-0.39, 0.29) is 5.57 Å². The molecular formula is C32H25BrClIN2O4. The number of carbonyl (C=O) groups excluding carboxylic acids is 1. The zero-order chi connectivity index (χ0) is 29.2. The molecular weight excluding hydrogens is 719 g/mol. The van der Waals surface area contributed by atoms with Crippen LogP contribution in [0.25, 0.3) is 6.08 Å². The summed E-state index contributed by atoms with van der Waals surface area (Å²) in [5.41, 5.74) is 3.09. The molecule has 0 fully saturated rings. The van der Waals surface area contributed by atoms with Crippen LogP contribution in [0.4, 0.5) is 5.69 Å². The van der Waals surface area contributed by atoms with Gasteiger partial charge in [-0.3, -0.25) is 4.79 Å². The second-order valence-electron chi connectivity index (χ2n) is 8.75. The Morgan fingerprint density at radius 2 is 1.71 bits per heavy atom. The van der Waals surface area contributed by atoms with Crippen LogP contribution in [0.2, 0.25) is 5.02 Å². The molecule has 0 aromatic heterocycles. The summed E-state index contributed by atoms with van der Waals surface area (Å²) >= 11 is 11.7. The van der Waals surface area contributed by atoms with E-state index in [0.29, 0.717) is 53.3 Å². The number of nitrogens with zero attached hydrogens (tertiary/aromatic N) is 1. The maximum Gasteiger partial charge on any atom is 0.266 e. The predicted molar refractivity (Wildman–Crippen MR) is 173 cm³/mol. The summed E-state index contributed by atoms with van der Waals surface area (Å²) in [5, 5.41) is 13.1. The Labute approximate surface area is 266 Å². The molecule has 0 unspecified atom stereocenters. The smallest absolute Gasteiger partial charge is 0.266 e.